The van der Waals surface area contributed by atoms with E-state index in [9.17, 15) is 9.59 Å². The SMILES string of the molecule is CCN(CCC(=O)O)C(=O)N1CCCCCC1C. The number of amides is 2. The van der Waals surface area contributed by atoms with Gasteiger partial charge in [-0.25, -0.2) is 4.79 Å². The summed E-state index contributed by atoms with van der Waals surface area (Å²) >= 11 is 0. The van der Waals surface area contributed by atoms with Crippen LogP contribution in [-0.2, 0) is 4.79 Å². The Bertz CT molecular complexity index is 294. The molecule has 1 unspecified atom stereocenters. The van der Waals surface area contributed by atoms with Crippen molar-refractivity contribution in [1.82, 2.24) is 9.80 Å². The summed E-state index contributed by atoms with van der Waals surface area (Å²) in [5.74, 6) is -0.856. The molecule has 0 aliphatic carbocycles. The molecule has 0 aromatic carbocycles. The number of carboxylic acids is 1. The number of carboxylic acid groups (broad SMARTS) is 1. The summed E-state index contributed by atoms with van der Waals surface area (Å²) in [7, 11) is 0. The van der Waals surface area contributed by atoms with Crippen LogP contribution in [0, 0.1) is 0 Å². The fraction of sp³-hybridized carbons (Fsp3) is 0.846. The van der Waals surface area contributed by atoms with E-state index in [1.165, 1.54) is 12.8 Å². The minimum Gasteiger partial charge on any atom is -0.481 e. The Balaban J connectivity index is 2.60. The van der Waals surface area contributed by atoms with Crippen molar-refractivity contribution in [3.8, 4) is 0 Å². The van der Waals surface area contributed by atoms with Crippen molar-refractivity contribution in [3.63, 3.8) is 0 Å². The Morgan fingerprint density at radius 1 is 1.33 bits per heavy atom. The van der Waals surface area contributed by atoms with Crippen LogP contribution < -0.4 is 0 Å². The van der Waals surface area contributed by atoms with E-state index in [0.717, 1.165) is 19.4 Å². The lowest BCUT2D eigenvalue weighted by Gasteiger charge is -2.32. The number of hydrogen-bond donors (Lipinski definition) is 1. The van der Waals surface area contributed by atoms with Crippen molar-refractivity contribution < 1.29 is 14.7 Å². The molecule has 5 heteroatoms. The zero-order valence-electron chi connectivity index (χ0n) is 11.4. The molecule has 1 heterocycles. The van der Waals surface area contributed by atoms with Gasteiger partial charge in [-0.3, -0.25) is 4.79 Å². The first-order chi connectivity index (χ1) is 8.56. The largest absolute Gasteiger partial charge is 0.481 e. The predicted molar refractivity (Wildman–Crippen MR) is 69.5 cm³/mol. The highest BCUT2D eigenvalue weighted by Crippen LogP contribution is 2.18. The van der Waals surface area contributed by atoms with E-state index >= 15 is 0 Å². The maximum Gasteiger partial charge on any atom is 0.320 e. The van der Waals surface area contributed by atoms with Crippen LogP contribution in [0.5, 0.6) is 0 Å². The Morgan fingerprint density at radius 3 is 2.67 bits per heavy atom. The summed E-state index contributed by atoms with van der Waals surface area (Å²) < 4.78 is 0. The Morgan fingerprint density at radius 2 is 2.06 bits per heavy atom. The molecule has 0 aromatic heterocycles. The van der Waals surface area contributed by atoms with E-state index in [2.05, 4.69) is 6.92 Å². The Labute approximate surface area is 109 Å². The smallest absolute Gasteiger partial charge is 0.320 e. The molecular formula is C13H24N2O3. The number of rotatable bonds is 4. The number of carbonyl (C=O) groups is 2. The van der Waals surface area contributed by atoms with Gasteiger partial charge >= 0.3 is 12.0 Å². The molecule has 1 N–H and O–H groups in total. The Kier molecular flexibility index (Phi) is 5.95. The van der Waals surface area contributed by atoms with E-state index in [0.29, 0.717) is 13.1 Å². The quantitative estimate of drug-likeness (QED) is 0.838. The first kappa shape index (κ1) is 14.8. The molecule has 5 nitrogen and oxygen atoms in total. The third kappa shape index (κ3) is 4.20. The summed E-state index contributed by atoms with van der Waals surface area (Å²) in [5, 5.41) is 8.70. The van der Waals surface area contributed by atoms with Crippen molar-refractivity contribution in [2.24, 2.45) is 0 Å². The number of likely N-dealkylation sites (tertiary alicyclic amines) is 1. The molecule has 104 valence electrons. The number of hydrogen-bond acceptors (Lipinski definition) is 2. The molecule has 1 atom stereocenters. The standard InChI is InChI=1S/C13H24N2O3/c1-3-14(10-8-12(16)17)13(18)15-9-6-4-5-7-11(15)2/h11H,3-10H2,1-2H3,(H,16,17). The van der Waals surface area contributed by atoms with Crippen molar-refractivity contribution in [3.05, 3.63) is 0 Å². The molecule has 1 rings (SSSR count). The molecule has 0 aromatic rings. The molecule has 1 aliphatic rings. The monoisotopic (exact) mass is 256 g/mol. The first-order valence-corrected chi connectivity index (χ1v) is 6.83. The zero-order chi connectivity index (χ0) is 13.5. The van der Waals surface area contributed by atoms with Crippen molar-refractivity contribution in [2.45, 2.75) is 52.0 Å². The van der Waals surface area contributed by atoms with E-state index in [4.69, 9.17) is 5.11 Å². The fourth-order valence-corrected chi connectivity index (χ4v) is 2.36. The average Bonchev–Trinajstić information content (AvgIpc) is 2.54. The van der Waals surface area contributed by atoms with Crippen LogP contribution in [0.1, 0.15) is 46.0 Å². The van der Waals surface area contributed by atoms with Crippen LogP contribution >= 0.6 is 0 Å². The molecule has 0 saturated carbocycles. The van der Waals surface area contributed by atoms with Gasteiger partial charge in [0.15, 0.2) is 0 Å². The highest BCUT2D eigenvalue weighted by atomic mass is 16.4. The third-order valence-electron chi connectivity index (χ3n) is 3.55. The second-order valence-electron chi connectivity index (χ2n) is 4.90. The van der Waals surface area contributed by atoms with E-state index < -0.39 is 5.97 Å². The second-order valence-corrected chi connectivity index (χ2v) is 4.90. The van der Waals surface area contributed by atoms with Gasteiger partial charge in [0.05, 0.1) is 6.42 Å². The maximum absolute atomic E-state index is 12.4. The Hall–Kier alpha value is -1.26. The van der Waals surface area contributed by atoms with Gasteiger partial charge in [0.2, 0.25) is 0 Å². The zero-order valence-corrected chi connectivity index (χ0v) is 11.4. The third-order valence-corrected chi connectivity index (χ3v) is 3.55. The van der Waals surface area contributed by atoms with E-state index in [1.54, 1.807) is 4.90 Å². The predicted octanol–water partition coefficient (Wildman–Crippen LogP) is 2.17. The first-order valence-electron chi connectivity index (χ1n) is 6.83. The van der Waals surface area contributed by atoms with Gasteiger partial charge in [0.25, 0.3) is 0 Å². The van der Waals surface area contributed by atoms with Crippen molar-refractivity contribution >= 4 is 12.0 Å². The molecule has 0 bridgehead atoms. The van der Waals surface area contributed by atoms with E-state index in [1.807, 2.05) is 11.8 Å². The molecule has 1 fully saturated rings. The van der Waals surface area contributed by atoms with Gasteiger partial charge in [0, 0.05) is 25.7 Å². The molecule has 18 heavy (non-hydrogen) atoms. The number of carbonyl (C=O) groups excluding carboxylic acids is 1. The minimum atomic E-state index is -0.856. The molecule has 1 aliphatic heterocycles. The molecular weight excluding hydrogens is 232 g/mol. The van der Waals surface area contributed by atoms with Gasteiger partial charge in [-0.1, -0.05) is 12.8 Å². The lowest BCUT2D eigenvalue weighted by Crippen LogP contribution is -2.47. The minimum absolute atomic E-state index is 0.00634. The van der Waals surface area contributed by atoms with Gasteiger partial charge < -0.3 is 14.9 Å². The van der Waals surface area contributed by atoms with Gasteiger partial charge in [-0.05, 0) is 26.7 Å². The maximum atomic E-state index is 12.4. The average molecular weight is 256 g/mol. The van der Waals surface area contributed by atoms with Gasteiger partial charge in [-0.2, -0.15) is 0 Å². The highest BCUT2D eigenvalue weighted by molar-refractivity contribution is 5.75. The summed E-state index contributed by atoms with van der Waals surface area (Å²) in [5.41, 5.74) is 0. The van der Waals surface area contributed by atoms with Crippen LogP contribution in [0.2, 0.25) is 0 Å². The summed E-state index contributed by atoms with van der Waals surface area (Å²) in [6.45, 7) is 5.63. The van der Waals surface area contributed by atoms with Gasteiger partial charge in [-0.15, -0.1) is 0 Å². The molecule has 0 radical (unpaired) electrons. The lowest BCUT2D eigenvalue weighted by molar-refractivity contribution is -0.137. The molecule has 0 spiro atoms. The highest BCUT2D eigenvalue weighted by Gasteiger charge is 2.25. The van der Waals surface area contributed by atoms with Crippen molar-refractivity contribution in [2.75, 3.05) is 19.6 Å². The summed E-state index contributed by atoms with van der Waals surface area (Å²) in [6, 6.07) is 0.257. The van der Waals surface area contributed by atoms with Crippen LogP contribution in [0.25, 0.3) is 0 Å². The normalized spacial score (nSPS) is 20.3. The number of nitrogens with zero attached hydrogens (tertiary/aromatic N) is 2. The number of aliphatic carboxylic acids is 1. The summed E-state index contributed by atoms with van der Waals surface area (Å²) in [4.78, 5) is 26.5. The van der Waals surface area contributed by atoms with Crippen LogP contribution in [0.15, 0.2) is 0 Å². The topological polar surface area (TPSA) is 60.9 Å². The number of urea groups is 1. The van der Waals surface area contributed by atoms with Crippen LogP contribution in [0.4, 0.5) is 4.79 Å². The molecule has 1 saturated heterocycles. The van der Waals surface area contributed by atoms with Crippen LogP contribution in [-0.4, -0.2) is 52.6 Å². The molecule has 2 amide bonds. The van der Waals surface area contributed by atoms with Crippen LogP contribution in [0.3, 0.4) is 0 Å². The fourth-order valence-electron chi connectivity index (χ4n) is 2.36. The van der Waals surface area contributed by atoms with Gasteiger partial charge in [0.1, 0.15) is 0 Å². The van der Waals surface area contributed by atoms with E-state index in [-0.39, 0.29) is 18.5 Å². The summed E-state index contributed by atoms with van der Waals surface area (Å²) in [6.07, 6.45) is 4.46. The lowest BCUT2D eigenvalue weighted by atomic mass is 10.1. The second kappa shape index (κ2) is 7.24. The van der Waals surface area contributed by atoms with Crippen molar-refractivity contribution in [1.29, 1.82) is 0 Å².